The van der Waals surface area contributed by atoms with Gasteiger partial charge in [-0.05, 0) is 30.7 Å². The van der Waals surface area contributed by atoms with Gasteiger partial charge in [-0.15, -0.1) is 11.3 Å². The molecule has 3 aromatic rings. The Morgan fingerprint density at radius 2 is 1.96 bits per heavy atom. The number of aromatic nitrogens is 2. The molecule has 136 valence electrons. The number of nitrogen functional groups attached to an aromatic ring is 1. The monoisotopic (exact) mass is 380 g/mol. The first kappa shape index (κ1) is 18.0. The number of amides is 1. The number of hydrogen-bond acceptors (Lipinski definition) is 4. The van der Waals surface area contributed by atoms with Crippen molar-refractivity contribution in [3.63, 3.8) is 0 Å². The third-order valence-electron chi connectivity index (χ3n) is 3.78. The van der Waals surface area contributed by atoms with Crippen molar-refractivity contribution in [3.05, 3.63) is 52.5 Å². The third-order valence-corrected chi connectivity index (χ3v) is 4.95. The molecule has 0 atom stereocenters. The lowest BCUT2D eigenvalue weighted by Gasteiger charge is -2.06. The zero-order valence-electron chi connectivity index (χ0n) is 13.9. The number of aryl methyl sites for hydroxylation is 2. The Labute approximate surface area is 151 Å². The molecule has 2 aromatic heterocycles. The number of carbonyl (C=O) groups excluding carboxylic acids is 1. The molecule has 0 saturated carbocycles. The summed E-state index contributed by atoms with van der Waals surface area (Å²) in [7, 11) is 1.40. The first-order chi connectivity index (χ1) is 12.2. The highest BCUT2D eigenvalue weighted by Crippen LogP contribution is 2.38. The highest BCUT2D eigenvalue weighted by Gasteiger charge is 2.35. The fourth-order valence-corrected chi connectivity index (χ4v) is 3.45. The van der Waals surface area contributed by atoms with Crippen molar-refractivity contribution < 1.29 is 18.0 Å². The molecular formula is C17H15F3N4OS. The van der Waals surface area contributed by atoms with Crippen LogP contribution >= 0.6 is 11.3 Å². The van der Waals surface area contributed by atoms with E-state index in [0.29, 0.717) is 15.4 Å². The maximum atomic E-state index is 12.8. The topological polar surface area (TPSA) is 72.9 Å². The molecule has 0 fully saturated rings. The van der Waals surface area contributed by atoms with Crippen LogP contribution in [0.5, 0.6) is 0 Å². The smallest absolute Gasteiger partial charge is 0.397 e. The van der Waals surface area contributed by atoms with Crippen molar-refractivity contribution in [3.8, 4) is 10.6 Å². The molecule has 9 heteroatoms. The minimum Gasteiger partial charge on any atom is -0.397 e. The van der Waals surface area contributed by atoms with Gasteiger partial charge in [0.2, 0.25) is 0 Å². The standard InChI is InChI=1S/C17H15F3N4OS/c1-9-5-3-4-6-11(9)22-16(25)13-7-10(21)15(26-13)12-8-14(17(18,19)20)23-24(12)2/h3-8H,21H2,1-2H3,(H,22,25). The normalized spacial score (nSPS) is 11.6. The number of halogens is 3. The molecule has 0 aliphatic carbocycles. The summed E-state index contributed by atoms with van der Waals surface area (Å²) < 4.78 is 39.6. The SMILES string of the molecule is Cc1ccccc1NC(=O)c1cc(N)c(-c2cc(C(F)(F)F)nn2C)s1. The van der Waals surface area contributed by atoms with E-state index >= 15 is 0 Å². The van der Waals surface area contributed by atoms with Crippen LogP contribution in [0.25, 0.3) is 10.6 Å². The summed E-state index contributed by atoms with van der Waals surface area (Å²) in [5.74, 6) is -0.375. The maximum Gasteiger partial charge on any atom is 0.435 e. The molecule has 26 heavy (non-hydrogen) atoms. The summed E-state index contributed by atoms with van der Waals surface area (Å²) in [5.41, 5.74) is 6.90. The molecular weight excluding hydrogens is 365 g/mol. The van der Waals surface area contributed by atoms with Gasteiger partial charge in [0, 0.05) is 12.7 Å². The van der Waals surface area contributed by atoms with Gasteiger partial charge in [0.1, 0.15) is 0 Å². The van der Waals surface area contributed by atoms with Gasteiger partial charge in [-0.3, -0.25) is 9.48 Å². The molecule has 5 nitrogen and oxygen atoms in total. The summed E-state index contributed by atoms with van der Waals surface area (Å²) in [6.45, 7) is 1.86. The van der Waals surface area contributed by atoms with E-state index in [1.54, 1.807) is 12.1 Å². The first-order valence-electron chi connectivity index (χ1n) is 7.54. The van der Waals surface area contributed by atoms with Crippen molar-refractivity contribution >= 4 is 28.6 Å². The molecule has 0 radical (unpaired) electrons. The van der Waals surface area contributed by atoms with Gasteiger partial charge in [0.25, 0.3) is 5.91 Å². The number of hydrogen-bond donors (Lipinski definition) is 2. The Morgan fingerprint density at radius 3 is 2.58 bits per heavy atom. The van der Waals surface area contributed by atoms with Crippen molar-refractivity contribution in [1.29, 1.82) is 0 Å². The average Bonchev–Trinajstić information content (AvgIpc) is 3.12. The second-order valence-corrected chi connectivity index (χ2v) is 6.75. The average molecular weight is 380 g/mol. The van der Waals surface area contributed by atoms with Crippen molar-refractivity contribution in [2.75, 3.05) is 11.1 Å². The van der Waals surface area contributed by atoms with E-state index < -0.39 is 11.9 Å². The van der Waals surface area contributed by atoms with E-state index in [9.17, 15) is 18.0 Å². The second-order valence-electron chi connectivity index (χ2n) is 5.70. The zero-order chi connectivity index (χ0) is 19.1. The van der Waals surface area contributed by atoms with E-state index in [1.807, 2.05) is 19.1 Å². The molecule has 0 aliphatic rings. The molecule has 2 heterocycles. The van der Waals surface area contributed by atoms with Gasteiger partial charge in [0.15, 0.2) is 5.69 Å². The van der Waals surface area contributed by atoms with Crippen molar-refractivity contribution in [1.82, 2.24) is 9.78 Å². The lowest BCUT2D eigenvalue weighted by molar-refractivity contribution is -0.141. The van der Waals surface area contributed by atoms with Crippen LogP contribution in [0, 0.1) is 6.92 Å². The Morgan fingerprint density at radius 1 is 1.27 bits per heavy atom. The number of rotatable bonds is 3. The molecule has 0 unspecified atom stereocenters. The molecule has 3 N–H and O–H groups in total. The van der Waals surface area contributed by atoms with Crippen molar-refractivity contribution in [2.24, 2.45) is 7.05 Å². The van der Waals surface area contributed by atoms with Gasteiger partial charge in [-0.1, -0.05) is 18.2 Å². The third kappa shape index (κ3) is 3.43. The summed E-state index contributed by atoms with van der Waals surface area (Å²) in [6.07, 6.45) is -4.55. The van der Waals surface area contributed by atoms with Crippen LogP contribution in [0.4, 0.5) is 24.5 Å². The number of para-hydroxylation sites is 1. The highest BCUT2D eigenvalue weighted by molar-refractivity contribution is 7.18. The zero-order valence-corrected chi connectivity index (χ0v) is 14.7. The number of nitrogens with zero attached hydrogens (tertiary/aromatic N) is 2. The number of nitrogens with two attached hydrogens (primary N) is 1. The van der Waals surface area contributed by atoms with Crippen LogP contribution in [-0.2, 0) is 13.2 Å². The quantitative estimate of drug-likeness (QED) is 0.711. The van der Waals surface area contributed by atoms with Crippen LogP contribution < -0.4 is 11.1 Å². The van der Waals surface area contributed by atoms with Gasteiger partial charge in [-0.25, -0.2) is 0 Å². The first-order valence-corrected chi connectivity index (χ1v) is 8.36. The number of nitrogens with one attached hydrogen (secondary N) is 1. The van der Waals surface area contributed by atoms with E-state index in [-0.39, 0.29) is 17.3 Å². The fraction of sp³-hybridized carbons (Fsp3) is 0.176. The summed E-state index contributed by atoms with van der Waals surface area (Å²) in [4.78, 5) is 13.1. The Hall–Kier alpha value is -2.81. The number of thiophene rings is 1. The number of carbonyl (C=O) groups is 1. The van der Waals surface area contributed by atoms with Gasteiger partial charge in [-0.2, -0.15) is 18.3 Å². The van der Waals surface area contributed by atoms with Gasteiger partial charge in [0.05, 0.1) is 21.1 Å². The Balaban J connectivity index is 1.91. The molecule has 3 rings (SSSR count). The van der Waals surface area contributed by atoms with E-state index in [2.05, 4.69) is 10.4 Å². The minimum atomic E-state index is -4.55. The second kappa shape index (κ2) is 6.49. The number of alkyl halides is 3. The molecule has 1 amide bonds. The largest absolute Gasteiger partial charge is 0.435 e. The van der Waals surface area contributed by atoms with Crippen LogP contribution in [0.15, 0.2) is 36.4 Å². The number of benzene rings is 1. The van der Waals surface area contributed by atoms with Crippen LogP contribution in [0.2, 0.25) is 0 Å². The molecule has 0 aliphatic heterocycles. The van der Waals surface area contributed by atoms with E-state index in [4.69, 9.17) is 5.73 Å². The lowest BCUT2D eigenvalue weighted by atomic mass is 10.2. The van der Waals surface area contributed by atoms with Crippen LogP contribution in [-0.4, -0.2) is 15.7 Å². The number of anilines is 2. The summed E-state index contributed by atoms with van der Waals surface area (Å²) in [6, 6.07) is 9.65. The summed E-state index contributed by atoms with van der Waals surface area (Å²) in [5, 5.41) is 6.25. The molecule has 0 spiro atoms. The van der Waals surface area contributed by atoms with Gasteiger partial charge >= 0.3 is 6.18 Å². The molecule has 0 saturated heterocycles. The van der Waals surface area contributed by atoms with Crippen molar-refractivity contribution in [2.45, 2.75) is 13.1 Å². The van der Waals surface area contributed by atoms with E-state index in [0.717, 1.165) is 27.6 Å². The van der Waals surface area contributed by atoms with Gasteiger partial charge < -0.3 is 11.1 Å². The minimum absolute atomic E-state index is 0.203. The molecule has 1 aromatic carbocycles. The predicted molar refractivity (Wildman–Crippen MR) is 95.1 cm³/mol. The lowest BCUT2D eigenvalue weighted by Crippen LogP contribution is -2.10. The predicted octanol–water partition coefficient (Wildman–Crippen LogP) is 4.31. The van der Waals surface area contributed by atoms with E-state index in [1.165, 1.54) is 13.1 Å². The Kier molecular flexibility index (Phi) is 4.49. The van der Waals surface area contributed by atoms with Crippen LogP contribution in [0.3, 0.4) is 0 Å². The molecule has 0 bridgehead atoms. The summed E-state index contributed by atoms with van der Waals surface area (Å²) >= 11 is 1.02. The Bertz CT molecular complexity index is 975. The maximum absolute atomic E-state index is 12.8. The highest BCUT2D eigenvalue weighted by atomic mass is 32.1. The fourth-order valence-electron chi connectivity index (χ4n) is 2.43. The van der Waals surface area contributed by atoms with Crippen LogP contribution in [0.1, 0.15) is 20.9 Å².